The largest absolute Gasteiger partial charge is 0.491 e. The van der Waals surface area contributed by atoms with Crippen molar-refractivity contribution >= 4 is 21.6 Å². The molecule has 184 valence electrons. The zero-order chi connectivity index (χ0) is 24.7. The number of hydrogen-bond acceptors (Lipinski definition) is 5. The molecule has 0 aromatic heterocycles. The van der Waals surface area contributed by atoms with Gasteiger partial charge in [0, 0.05) is 16.2 Å². The fraction of sp³-hybridized carbons (Fsp3) is 0.226. The fourth-order valence-corrected chi connectivity index (χ4v) is 6.07. The third-order valence-corrected chi connectivity index (χ3v) is 8.59. The molecule has 0 unspecified atom stereocenters. The number of ether oxygens (including phenoxy) is 3. The summed E-state index contributed by atoms with van der Waals surface area (Å²) in [6, 6.07) is 35.4. The molecule has 5 heteroatoms. The maximum atomic E-state index is 6.51. The van der Waals surface area contributed by atoms with Crippen molar-refractivity contribution in [2.75, 3.05) is 6.61 Å². The van der Waals surface area contributed by atoms with Crippen LogP contribution in [0.15, 0.2) is 113 Å². The van der Waals surface area contributed by atoms with Gasteiger partial charge in [0.15, 0.2) is 0 Å². The van der Waals surface area contributed by atoms with Crippen molar-refractivity contribution in [1.82, 2.24) is 0 Å². The lowest BCUT2D eigenvalue weighted by Gasteiger charge is -2.20. The molecule has 3 nitrogen and oxygen atoms in total. The topological polar surface area (TPSA) is 27.7 Å². The van der Waals surface area contributed by atoms with Crippen molar-refractivity contribution in [3.63, 3.8) is 0 Å². The number of aryl methyl sites for hydroxylation is 2. The second-order valence-corrected chi connectivity index (χ2v) is 11.3. The molecule has 0 N–H and O–H groups in total. The highest BCUT2D eigenvalue weighted by molar-refractivity contribution is 8.76. The van der Waals surface area contributed by atoms with Crippen LogP contribution >= 0.6 is 21.6 Å². The maximum absolute atomic E-state index is 6.51. The quantitative estimate of drug-likeness (QED) is 0.209. The van der Waals surface area contributed by atoms with E-state index >= 15 is 0 Å². The zero-order valence-corrected chi connectivity index (χ0v) is 22.1. The van der Waals surface area contributed by atoms with Crippen molar-refractivity contribution in [2.45, 2.75) is 48.4 Å². The smallest absolute Gasteiger partial charge is 0.131 e. The first-order valence-electron chi connectivity index (χ1n) is 12.2. The second kappa shape index (κ2) is 11.9. The standard InChI is InChI=1S/C31H30O3S2/c1-22-8-14-25(15-9-22)32-21-31-30(33-26-16-10-23(2)11-17-26)20-29(34-31)24-12-18-28(19-13-24)36-35-27-6-4-3-5-7-27/h3-19,29-31H,20-21H2,1-2H3/t29-,30+,31-/m1/s1. The summed E-state index contributed by atoms with van der Waals surface area (Å²) in [5.41, 5.74) is 3.59. The number of rotatable bonds is 9. The lowest BCUT2D eigenvalue weighted by atomic mass is 10.0. The molecule has 0 aliphatic carbocycles. The van der Waals surface area contributed by atoms with Gasteiger partial charge in [0.25, 0.3) is 0 Å². The van der Waals surface area contributed by atoms with Gasteiger partial charge in [-0.3, -0.25) is 0 Å². The summed E-state index contributed by atoms with van der Waals surface area (Å²) in [7, 11) is 3.54. The van der Waals surface area contributed by atoms with Crippen molar-refractivity contribution < 1.29 is 14.2 Å². The third-order valence-electron chi connectivity index (χ3n) is 6.17. The van der Waals surface area contributed by atoms with E-state index in [-0.39, 0.29) is 18.3 Å². The fourth-order valence-electron chi connectivity index (χ4n) is 4.12. The Morgan fingerprint density at radius 1 is 0.694 bits per heavy atom. The Kier molecular flexibility index (Phi) is 8.22. The highest BCUT2D eigenvalue weighted by Crippen LogP contribution is 2.40. The van der Waals surface area contributed by atoms with Gasteiger partial charge in [0.05, 0.1) is 6.10 Å². The van der Waals surface area contributed by atoms with E-state index in [0.29, 0.717) is 6.61 Å². The van der Waals surface area contributed by atoms with Gasteiger partial charge < -0.3 is 14.2 Å². The first-order valence-corrected chi connectivity index (χ1v) is 14.4. The highest BCUT2D eigenvalue weighted by Gasteiger charge is 2.38. The first kappa shape index (κ1) is 24.8. The molecule has 0 radical (unpaired) electrons. The summed E-state index contributed by atoms with van der Waals surface area (Å²) < 4.78 is 19.0. The van der Waals surface area contributed by atoms with E-state index in [1.54, 1.807) is 21.6 Å². The Morgan fingerprint density at radius 3 is 1.92 bits per heavy atom. The molecule has 5 rings (SSSR count). The summed E-state index contributed by atoms with van der Waals surface area (Å²) in [6.45, 7) is 4.60. The first-order chi connectivity index (χ1) is 17.6. The summed E-state index contributed by atoms with van der Waals surface area (Å²) >= 11 is 0. The molecule has 4 aromatic carbocycles. The van der Waals surface area contributed by atoms with Crippen LogP contribution in [-0.4, -0.2) is 18.8 Å². The van der Waals surface area contributed by atoms with Gasteiger partial charge in [-0.2, -0.15) is 0 Å². The summed E-state index contributed by atoms with van der Waals surface area (Å²) in [6.07, 6.45) is 0.486. The normalized spacial score (nSPS) is 19.2. The van der Waals surface area contributed by atoms with Gasteiger partial charge in [0.1, 0.15) is 30.3 Å². The van der Waals surface area contributed by atoms with E-state index in [4.69, 9.17) is 14.2 Å². The minimum Gasteiger partial charge on any atom is -0.491 e. The molecule has 1 aliphatic heterocycles. The molecule has 0 amide bonds. The molecule has 0 saturated carbocycles. The molecule has 0 bridgehead atoms. The average Bonchev–Trinajstić information content (AvgIpc) is 3.32. The van der Waals surface area contributed by atoms with Gasteiger partial charge >= 0.3 is 0 Å². The van der Waals surface area contributed by atoms with Crippen LogP contribution in [0, 0.1) is 13.8 Å². The molecular weight excluding hydrogens is 484 g/mol. The summed E-state index contributed by atoms with van der Waals surface area (Å²) in [4.78, 5) is 2.47. The predicted molar refractivity (Wildman–Crippen MR) is 149 cm³/mol. The molecule has 1 heterocycles. The van der Waals surface area contributed by atoms with Gasteiger partial charge in [0.2, 0.25) is 0 Å². The lowest BCUT2D eigenvalue weighted by molar-refractivity contribution is -0.0107. The van der Waals surface area contributed by atoms with E-state index in [1.807, 2.05) is 30.3 Å². The Labute approximate surface area is 221 Å². The average molecular weight is 515 g/mol. The van der Waals surface area contributed by atoms with Crippen molar-refractivity contribution in [3.05, 3.63) is 120 Å². The van der Waals surface area contributed by atoms with Gasteiger partial charge in [-0.25, -0.2) is 0 Å². The van der Waals surface area contributed by atoms with Crippen molar-refractivity contribution in [1.29, 1.82) is 0 Å². The second-order valence-electron chi connectivity index (χ2n) is 9.04. The molecule has 36 heavy (non-hydrogen) atoms. The van der Waals surface area contributed by atoms with Crippen LogP contribution in [-0.2, 0) is 4.74 Å². The molecular formula is C31H30O3S2. The molecule has 4 aromatic rings. The predicted octanol–water partition coefficient (Wildman–Crippen LogP) is 8.46. The van der Waals surface area contributed by atoms with Gasteiger partial charge in [-0.15, -0.1) is 0 Å². The summed E-state index contributed by atoms with van der Waals surface area (Å²) in [5.74, 6) is 1.71. The lowest BCUT2D eigenvalue weighted by Crippen LogP contribution is -2.32. The molecule has 1 fully saturated rings. The van der Waals surface area contributed by atoms with Gasteiger partial charge in [-0.1, -0.05) is 87.3 Å². The van der Waals surface area contributed by atoms with E-state index in [2.05, 4.69) is 86.6 Å². The zero-order valence-electron chi connectivity index (χ0n) is 20.5. The van der Waals surface area contributed by atoms with E-state index in [0.717, 1.165) is 17.9 Å². The highest BCUT2D eigenvalue weighted by atomic mass is 33.1. The van der Waals surface area contributed by atoms with Gasteiger partial charge in [-0.05, 0) is 67.9 Å². The Hall–Kier alpha value is -2.86. The van der Waals surface area contributed by atoms with Crippen LogP contribution in [0.2, 0.25) is 0 Å². The molecule has 0 spiro atoms. The Balaban J connectivity index is 1.25. The van der Waals surface area contributed by atoms with Crippen LogP contribution in [0.5, 0.6) is 11.5 Å². The van der Waals surface area contributed by atoms with E-state index in [9.17, 15) is 0 Å². The molecule has 3 atom stereocenters. The Morgan fingerprint density at radius 2 is 1.28 bits per heavy atom. The molecule has 1 saturated heterocycles. The van der Waals surface area contributed by atoms with Crippen LogP contribution in [0.25, 0.3) is 0 Å². The van der Waals surface area contributed by atoms with Crippen molar-refractivity contribution in [2.24, 2.45) is 0 Å². The monoisotopic (exact) mass is 514 g/mol. The Bertz CT molecular complexity index is 1230. The summed E-state index contributed by atoms with van der Waals surface area (Å²) in [5, 5.41) is 0. The van der Waals surface area contributed by atoms with Crippen LogP contribution in [0.1, 0.15) is 29.2 Å². The van der Waals surface area contributed by atoms with E-state index < -0.39 is 0 Å². The van der Waals surface area contributed by atoms with Crippen molar-refractivity contribution in [3.8, 4) is 11.5 Å². The SMILES string of the molecule is Cc1ccc(OC[C@H]2O[C@@H](c3ccc(SSc4ccccc4)cc3)C[C@@H]2Oc2ccc(C)cc2)cc1. The minimum absolute atomic E-state index is 0.0344. The maximum Gasteiger partial charge on any atom is 0.131 e. The number of benzene rings is 4. The minimum atomic E-state index is -0.166. The van der Waals surface area contributed by atoms with Crippen LogP contribution < -0.4 is 9.47 Å². The molecule has 1 aliphatic rings. The van der Waals surface area contributed by atoms with Crippen LogP contribution in [0.4, 0.5) is 0 Å². The number of hydrogen-bond donors (Lipinski definition) is 0. The van der Waals surface area contributed by atoms with Crippen LogP contribution in [0.3, 0.4) is 0 Å². The third kappa shape index (κ3) is 6.67. The van der Waals surface area contributed by atoms with E-state index in [1.165, 1.54) is 26.5 Å².